The molecule has 0 saturated carbocycles. The van der Waals surface area contributed by atoms with Crippen LogP contribution >= 0.6 is 0 Å². The Balaban J connectivity index is 1.17. The van der Waals surface area contributed by atoms with Crippen LogP contribution in [0.25, 0.3) is 71.3 Å². The SMILES string of the molecule is CC1(C)c2ccc(-c3c4ccccc4c(-c4ccc(C5=CC6C=CC=CC6=C5)cc4)c4ccccc34)cc2-c2c1ccc1ccccc21. The van der Waals surface area contributed by atoms with Gasteiger partial charge in [-0.1, -0.05) is 172 Å². The minimum Gasteiger partial charge on any atom is -0.0732 e. The Morgan fingerprint density at radius 3 is 1.77 bits per heavy atom. The Morgan fingerprint density at radius 2 is 1.08 bits per heavy atom. The summed E-state index contributed by atoms with van der Waals surface area (Å²) in [5.41, 5.74) is 14.6. The van der Waals surface area contributed by atoms with Gasteiger partial charge in [-0.15, -0.1) is 0 Å². The molecule has 0 heterocycles. The van der Waals surface area contributed by atoms with Crippen LogP contribution in [-0.2, 0) is 5.41 Å². The zero-order chi connectivity index (χ0) is 32.0. The Kier molecular flexibility index (Phi) is 5.79. The van der Waals surface area contributed by atoms with Crippen LogP contribution in [0.15, 0.2) is 169 Å². The molecule has 7 aromatic carbocycles. The van der Waals surface area contributed by atoms with Crippen LogP contribution in [0.1, 0.15) is 30.5 Å². The lowest BCUT2D eigenvalue weighted by Gasteiger charge is -2.22. The highest BCUT2D eigenvalue weighted by molar-refractivity contribution is 6.21. The zero-order valence-corrected chi connectivity index (χ0v) is 27.2. The standard InChI is InChI=1S/C48H34/c1-48(2)43-25-24-35(29-42(43)47-37-14-6-5-11-31(37)23-26-44(47)48)46-40-17-9-7-15-38(40)45(39-16-8-10-18-41(39)46)32-21-19-30(20-22-32)36-27-33-12-3-4-13-34(33)28-36/h3-29,33H,1-2H3. The minimum atomic E-state index is -0.0518. The molecule has 0 nitrogen and oxygen atoms in total. The normalized spacial score (nSPS) is 17.0. The van der Waals surface area contributed by atoms with Gasteiger partial charge in [-0.25, -0.2) is 0 Å². The first kappa shape index (κ1) is 27.4. The van der Waals surface area contributed by atoms with Crippen molar-refractivity contribution in [2.45, 2.75) is 19.3 Å². The fraction of sp³-hybridized carbons (Fsp3) is 0.0833. The van der Waals surface area contributed by atoms with Crippen LogP contribution < -0.4 is 0 Å². The van der Waals surface area contributed by atoms with Crippen LogP contribution in [-0.4, -0.2) is 0 Å². The molecule has 3 aliphatic rings. The molecule has 0 amide bonds. The average Bonchev–Trinajstić information content (AvgIpc) is 3.67. The van der Waals surface area contributed by atoms with Crippen molar-refractivity contribution in [1.29, 1.82) is 0 Å². The molecule has 0 heteroatoms. The molecule has 3 aliphatic carbocycles. The van der Waals surface area contributed by atoms with Gasteiger partial charge in [-0.05, 0) is 99.6 Å². The highest BCUT2D eigenvalue weighted by atomic mass is 14.4. The van der Waals surface area contributed by atoms with E-state index in [4.69, 9.17) is 0 Å². The molecular weight excluding hydrogens is 577 g/mol. The summed E-state index contributed by atoms with van der Waals surface area (Å²) < 4.78 is 0. The van der Waals surface area contributed by atoms with Crippen molar-refractivity contribution in [3.05, 3.63) is 186 Å². The van der Waals surface area contributed by atoms with E-state index < -0.39 is 0 Å². The maximum absolute atomic E-state index is 2.48. The molecule has 7 aromatic rings. The minimum absolute atomic E-state index is 0.0518. The Labute approximate surface area is 281 Å². The third-order valence-electron chi connectivity index (χ3n) is 11.1. The lowest BCUT2D eigenvalue weighted by molar-refractivity contribution is 0.661. The number of rotatable bonds is 3. The first-order valence-corrected chi connectivity index (χ1v) is 17.1. The molecule has 1 atom stereocenters. The Bertz CT molecular complexity index is 2560. The monoisotopic (exact) mass is 610 g/mol. The summed E-state index contributed by atoms with van der Waals surface area (Å²) in [4.78, 5) is 0. The summed E-state index contributed by atoms with van der Waals surface area (Å²) in [6, 6.07) is 47.9. The van der Waals surface area contributed by atoms with Gasteiger partial charge in [-0.2, -0.15) is 0 Å². The molecule has 226 valence electrons. The number of benzene rings is 7. The summed E-state index contributed by atoms with van der Waals surface area (Å²) in [6.45, 7) is 4.75. The summed E-state index contributed by atoms with van der Waals surface area (Å²) in [5.74, 6) is 0.391. The number of fused-ring (bicyclic) bond motifs is 8. The molecule has 0 aromatic heterocycles. The highest BCUT2D eigenvalue weighted by Crippen LogP contribution is 2.53. The molecule has 0 N–H and O–H groups in total. The van der Waals surface area contributed by atoms with Crippen molar-refractivity contribution >= 4 is 37.9 Å². The van der Waals surface area contributed by atoms with Crippen molar-refractivity contribution in [3.8, 4) is 33.4 Å². The zero-order valence-electron chi connectivity index (χ0n) is 27.2. The van der Waals surface area contributed by atoms with E-state index in [1.807, 2.05) is 0 Å². The van der Waals surface area contributed by atoms with Gasteiger partial charge >= 0.3 is 0 Å². The molecule has 0 radical (unpaired) electrons. The Morgan fingerprint density at radius 1 is 0.500 bits per heavy atom. The van der Waals surface area contributed by atoms with E-state index in [1.165, 1.54) is 93.5 Å². The van der Waals surface area contributed by atoms with Gasteiger partial charge in [0, 0.05) is 11.3 Å². The third-order valence-corrected chi connectivity index (χ3v) is 11.1. The first-order valence-electron chi connectivity index (χ1n) is 17.1. The van der Waals surface area contributed by atoms with Crippen LogP contribution in [0.4, 0.5) is 0 Å². The summed E-state index contributed by atoms with van der Waals surface area (Å²) in [5, 5.41) is 7.78. The molecular formula is C48H34. The van der Waals surface area contributed by atoms with Crippen molar-refractivity contribution in [2.24, 2.45) is 5.92 Å². The molecule has 1 unspecified atom stereocenters. The molecule has 0 saturated heterocycles. The maximum Gasteiger partial charge on any atom is 0.0211 e. The molecule has 0 aliphatic heterocycles. The summed E-state index contributed by atoms with van der Waals surface area (Å²) in [6.07, 6.45) is 13.5. The van der Waals surface area contributed by atoms with Crippen LogP contribution in [0.2, 0.25) is 0 Å². The molecule has 0 fully saturated rings. The maximum atomic E-state index is 2.48. The van der Waals surface area contributed by atoms with Gasteiger partial charge in [0.2, 0.25) is 0 Å². The van der Waals surface area contributed by atoms with Crippen LogP contribution in [0.5, 0.6) is 0 Å². The fourth-order valence-corrected chi connectivity index (χ4v) is 8.73. The van der Waals surface area contributed by atoms with Crippen LogP contribution in [0, 0.1) is 5.92 Å². The second-order valence-electron chi connectivity index (χ2n) is 14.0. The highest BCUT2D eigenvalue weighted by Gasteiger charge is 2.36. The lowest BCUT2D eigenvalue weighted by atomic mass is 9.81. The van der Waals surface area contributed by atoms with E-state index in [0.717, 1.165) is 0 Å². The third kappa shape index (κ3) is 3.90. The lowest BCUT2D eigenvalue weighted by Crippen LogP contribution is -2.14. The largest absolute Gasteiger partial charge is 0.0732 e. The second-order valence-corrected chi connectivity index (χ2v) is 14.0. The Hall–Kier alpha value is -5.72. The van der Waals surface area contributed by atoms with E-state index in [9.17, 15) is 0 Å². The topological polar surface area (TPSA) is 0 Å². The van der Waals surface area contributed by atoms with E-state index in [-0.39, 0.29) is 5.41 Å². The van der Waals surface area contributed by atoms with E-state index in [2.05, 4.69) is 178 Å². The van der Waals surface area contributed by atoms with Gasteiger partial charge in [0.1, 0.15) is 0 Å². The number of hydrogen-bond acceptors (Lipinski definition) is 0. The smallest absolute Gasteiger partial charge is 0.0211 e. The van der Waals surface area contributed by atoms with Gasteiger partial charge in [0.25, 0.3) is 0 Å². The predicted molar refractivity (Wildman–Crippen MR) is 205 cm³/mol. The fourth-order valence-electron chi connectivity index (χ4n) is 8.73. The van der Waals surface area contributed by atoms with Crippen molar-refractivity contribution < 1.29 is 0 Å². The number of allylic oxidation sites excluding steroid dienone is 8. The second kappa shape index (κ2) is 10.1. The van der Waals surface area contributed by atoms with Gasteiger partial charge in [0.15, 0.2) is 0 Å². The van der Waals surface area contributed by atoms with Crippen molar-refractivity contribution in [1.82, 2.24) is 0 Å². The van der Waals surface area contributed by atoms with Gasteiger partial charge in [0.05, 0.1) is 0 Å². The van der Waals surface area contributed by atoms with E-state index in [1.54, 1.807) is 0 Å². The van der Waals surface area contributed by atoms with Crippen LogP contribution in [0.3, 0.4) is 0 Å². The van der Waals surface area contributed by atoms with Gasteiger partial charge < -0.3 is 0 Å². The van der Waals surface area contributed by atoms with Crippen molar-refractivity contribution in [3.63, 3.8) is 0 Å². The molecule has 48 heavy (non-hydrogen) atoms. The predicted octanol–water partition coefficient (Wildman–Crippen LogP) is 12.9. The van der Waals surface area contributed by atoms with E-state index in [0.29, 0.717) is 5.92 Å². The summed E-state index contributed by atoms with van der Waals surface area (Å²) in [7, 11) is 0. The summed E-state index contributed by atoms with van der Waals surface area (Å²) >= 11 is 0. The first-order chi connectivity index (χ1) is 23.6. The molecule has 0 spiro atoms. The quantitative estimate of drug-likeness (QED) is 0.175. The van der Waals surface area contributed by atoms with E-state index >= 15 is 0 Å². The molecule has 10 rings (SSSR count). The number of hydrogen-bond donors (Lipinski definition) is 0. The molecule has 0 bridgehead atoms. The average molecular weight is 611 g/mol. The van der Waals surface area contributed by atoms with Gasteiger partial charge in [-0.3, -0.25) is 0 Å². The van der Waals surface area contributed by atoms with Crippen molar-refractivity contribution in [2.75, 3.05) is 0 Å².